The van der Waals surface area contributed by atoms with E-state index < -0.39 is 0 Å². The summed E-state index contributed by atoms with van der Waals surface area (Å²) >= 11 is 6.02. The van der Waals surface area contributed by atoms with Crippen LogP contribution in [0.15, 0.2) is 18.2 Å². The summed E-state index contributed by atoms with van der Waals surface area (Å²) < 4.78 is 5.44. The first kappa shape index (κ1) is 19.5. The highest BCUT2D eigenvalue weighted by Crippen LogP contribution is 2.21. The van der Waals surface area contributed by atoms with Crippen molar-refractivity contribution in [1.29, 1.82) is 5.26 Å². The molecule has 1 saturated heterocycles. The summed E-state index contributed by atoms with van der Waals surface area (Å²) in [4.78, 5) is 16.7. The number of nitriles is 1. The van der Waals surface area contributed by atoms with Crippen molar-refractivity contribution in [3.8, 4) is 6.07 Å². The smallest absolute Gasteiger partial charge is 0.321 e. The molecular weight excluding hydrogens is 340 g/mol. The van der Waals surface area contributed by atoms with Gasteiger partial charge in [-0.1, -0.05) is 18.5 Å². The van der Waals surface area contributed by atoms with Gasteiger partial charge in [0, 0.05) is 44.5 Å². The summed E-state index contributed by atoms with van der Waals surface area (Å²) in [6.07, 6.45) is 0.985. The highest BCUT2D eigenvalue weighted by molar-refractivity contribution is 6.32. The average molecular weight is 365 g/mol. The van der Waals surface area contributed by atoms with Gasteiger partial charge in [0.15, 0.2) is 0 Å². The number of ether oxygens (including phenoxy) is 1. The second-order valence-corrected chi connectivity index (χ2v) is 6.38. The van der Waals surface area contributed by atoms with Gasteiger partial charge in [0.05, 0.1) is 17.2 Å². The maximum absolute atomic E-state index is 12.5. The Morgan fingerprint density at radius 2 is 2.24 bits per heavy atom. The van der Waals surface area contributed by atoms with E-state index >= 15 is 0 Å². The van der Waals surface area contributed by atoms with Crippen molar-refractivity contribution in [3.05, 3.63) is 28.8 Å². The minimum absolute atomic E-state index is 0.135. The van der Waals surface area contributed by atoms with Crippen molar-refractivity contribution in [2.24, 2.45) is 0 Å². The molecule has 2 amide bonds. The molecular formula is C18H25ClN4O2. The number of carbonyl (C=O) groups excluding carboxylic acids is 1. The van der Waals surface area contributed by atoms with E-state index in [9.17, 15) is 4.79 Å². The lowest BCUT2D eigenvalue weighted by molar-refractivity contribution is 0.0545. The maximum atomic E-state index is 12.5. The van der Waals surface area contributed by atoms with Crippen molar-refractivity contribution < 1.29 is 9.53 Å². The zero-order chi connectivity index (χ0) is 18.2. The van der Waals surface area contributed by atoms with Gasteiger partial charge in [-0.05, 0) is 31.5 Å². The van der Waals surface area contributed by atoms with Crippen molar-refractivity contribution in [1.82, 2.24) is 9.80 Å². The van der Waals surface area contributed by atoms with Gasteiger partial charge in [-0.3, -0.25) is 4.90 Å². The molecule has 0 aromatic heterocycles. The third-order valence-electron chi connectivity index (χ3n) is 4.43. The largest absolute Gasteiger partial charge is 0.380 e. The van der Waals surface area contributed by atoms with Gasteiger partial charge in [0.2, 0.25) is 0 Å². The Kier molecular flexibility index (Phi) is 7.51. The highest BCUT2D eigenvalue weighted by atomic mass is 35.5. The molecule has 0 aliphatic carbocycles. The summed E-state index contributed by atoms with van der Waals surface area (Å²) in [5.41, 5.74) is 0.995. The molecule has 1 aliphatic rings. The number of amides is 2. The van der Waals surface area contributed by atoms with E-state index in [0.29, 0.717) is 35.4 Å². The van der Waals surface area contributed by atoms with E-state index in [1.54, 1.807) is 18.2 Å². The molecule has 1 heterocycles. The second kappa shape index (κ2) is 9.62. The quantitative estimate of drug-likeness (QED) is 0.787. The lowest BCUT2D eigenvalue weighted by Gasteiger charge is -2.41. The monoisotopic (exact) mass is 364 g/mol. The second-order valence-electron chi connectivity index (χ2n) is 5.98. The van der Waals surface area contributed by atoms with Gasteiger partial charge in [0.1, 0.15) is 6.07 Å². The zero-order valence-corrected chi connectivity index (χ0v) is 15.6. The predicted octanol–water partition coefficient (Wildman–Crippen LogP) is 3.18. The molecule has 136 valence electrons. The van der Waals surface area contributed by atoms with Crippen LogP contribution in [-0.4, -0.2) is 61.3 Å². The summed E-state index contributed by atoms with van der Waals surface area (Å²) in [7, 11) is 0. The molecule has 25 heavy (non-hydrogen) atoms. The Hall–Kier alpha value is -1.81. The van der Waals surface area contributed by atoms with Crippen molar-refractivity contribution in [2.45, 2.75) is 26.3 Å². The standard InChI is InChI=1S/C18H25ClN4O2/c1-3-16-13-23(8-7-22(16)9-10-25-4-2)18(24)21-15-6-5-14(12-20)17(19)11-15/h5-6,11,16H,3-4,7-10,13H2,1-2H3,(H,21,24). The number of benzene rings is 1. The fraction of sp³-hybridized carbons (Fsp3) is 0.556. The molecule has 1 aromatic carbocycles. The first-order valence-electron chi connectivity index (χ1n) is 8.66. The Morgan fingerprint density at radius 1 is 1.44 bits per heavy atom. The molecule has 1 aliphatic heterocycles. The highest BCUT2D eigenvalue weighted by Gasteiger charge is 2.28. The van der Waals surface area contributed by atoms with Crippen molar-refractivity contribution in [3.63, 3.8) is 0 Å². The van der Waals surface area contributed by atoms with Gasteiger partial charge >= 0.3 is 6.03 Å². The van der Waals surface area contributed by atoms with Gasteiger partial charge in [-0.2, -0.15) is 5.26 Å². The van der Waals surface area contributed by atoms with Gasteiger partial charge in [-0.25, -0.2) is 4.79 Å². The topological polar surface area (TPSA) is 68.6 Å². The zero-order valence-electron chi connectivity index (χ0n) is 14.8. The number of hydrogen-bond acceptors (Lipinski definition) is 4. The van der Waals surface area contributed by atoms with Crippen molar-refractivity contribution >= 4 is 23.3 Å². The third kappa shape index (κ3) is 5.33. The third-order valence-corrected chi connectivity index (χ3v) is 4.74. The van der Waals surface area contributed by atoms with Gasteiger partial charge in [-0.15, -0.1) is 0 Å². The van der Waals surface area contributed by atoms with Crippen LogP contribution >= 0.6 is 11.6 Å². The van der Waals surface area contributed by atoms with Gasteiger partial charge < -0.3 is 15.0 Å². The summed E-state index contributed by atoms with van der Waals surface area (Å²) in [5.74, 6) is 0. The molecule has 1 unspecified atom stereocenters. The number of rotatable bonds is 6. The predicted molar refractivity (Wildman–Crippen MR) is 98.9 cm³/mol. The first-order chi connectivity index (χ1) is 12.1. The van der Waals surface area contributed by atoms with E-state index in [4.69, 9.17) is 21.6 Å². The number of carbonyl (C=O) groups is 1. The Morgan fingerprint density at radius 3 is 2.88 bits per heavy atom. The molecule has 2 rings (SSSR count). The van der Waals surface area contributed by atoms with Crippen LogP contribution in [-0.2, 0) is 4.74 Å². The molecule has 0 radical (unpaired) electrons. The number of urea groups is 1. The van der Waals surface area contributed by atoms with E-state index in [-0.39, 0.29) is 6.03 Å². The molecule has 0 bridgehead atoms. The number of hydrogen-bond donors (Lipinski definition) is 1. The Bertz CT molecular complexity index is 632. The molecule has 1 N–H and O–H groups in total. The van der Waals surface area contributed by atoms with Crippen LogP contribution in [0, 0.1) is 11.3 Å². The van der Waals surface area contributed by atoms with Crippen LogP contribution in [0.1, 0.15) is 25.8 Å². The number of nitrogens with one attached hydrogen (secondary N) is 1. The van der Waals surface area contributed by atoms with Crippen LogP contribution in [0.3, 0.4) is 0 Å². The minimum atomic E-state index is -0.135. The average Bonchev–Trinajstić information content (AvgIpc) is 2.62. The first-order valence-corrected chi connectivity index (χ1v) is 9.04. The molecule has 7 heteroatoms. The minimum Gasteiger partial charge on any atom is -0.380 e. The van der Waals surface area contributed by atoms with Crippen LogP contribution in [0.25, 0.3) is 0 Å². The molecule has 1 aromatic rings. The normalized spacial score (nSPS) is 18.0. The van der Waals surface area contributed by atoms with Crippen LogP contribution < -0.4 is 5.32 Å². The van der Waals surface area contributed by atoms with Crippen LogP contribution in [0.2, 0.25) is 5.02 Å². The lowest BCUT2D eigenvalue weighted by atomic mass is 10.1. The van der Waals surface area contributed by atoms with E-state index in [1.165, 1.54) is 0 Å². The van der Waals surface area contributed by atoms with Crippen LogP contribution in [0.5, 0.6) is 0 Å². The molecule has 1 fully saturated rings. The SMILES string of the molecule is CCOCCN1CCN(C(=O)Nc2ccc(C#N)c(Cl)c2)CC1CC. The van der Waals surface area contributed by atoms with E-state index in [0.717, 1.165) is 32.7 Å². The van der Waals surface area contributed by atoms with E-state index in [2.05, 4.69) is 17.1 Å². The number of anilines is 1. The molecule has 1 atom stereocenters. The fourth-order valence-corrected chi connectivity index (χ4v) is 3.19. The summed E-state index contributed by atoms with van der Waals surface area (Å²) in [6.45, 7) is 8.70. The van der Waals surface area contributed by atoms with Gasteiger partial charge in [0.25, 0.3) is 0 Å². The maximum Gasteiger partial charge on any atom is 0.321 e. The molecule has 6 nitrogen and oxygen atoms in total. The number of nitrogens with zero attached hydrogens (tertiary/aromatic N) is 3. The van der Waals surface area contributed by atoms with Crippen molar-refractivity contribution in [2.75, 3.05) is 44.7 Å². The summed E-state index contributed by atoms with van der Waals surface area (Å²) in [6, 6.07) is 7.12. The lowest BCUT2D eigenvalue weighted by Crippen LogP contribution is -2.56. The Labute approximate surface area is 154 Å². The molecule has 0 saturated carbocycles. The fourth-order valence-electron chi connectivity index (χ4n) is 2.97. The number of halogens is 1. The number of piperazine rings is 1. The van der Waals surface area contributed by atoms with Crippen LogP contribution in [0.4, 0.5) is 10.5 Å². The van der Waals surface area contributed by atoms with E-state index in [1.807, 2.05) is 17.9 Å². The molecule has 0 spiro atoms. The summed E-state index contributed by atoms with van der Waals surface area (Å²) in [5, 5.41) is 12.1. The Balaban J connectivity index is 1.92.